The van der Waals surface area contributed by atoms with Gasteiger partial charge in [0.25, 0.3) is 5.91 Å². The van der Waals surface area contributed by atoms with E-state index in [0.717, 1.165) is 68.5 Å². The van der Waals surface area contributed by atoms with E-state index in [4.69, 9.17) is 4.74 Å². The Balaban J connectivity index is 1.17. The molecule has 10 heteroatoms. The van der Waals surface area contributed by atoms with Gasteiger partial charge in [-0.25, -0.2) is 9.18 Å². The predicted octanol–water partition coefficient (Wildman–Crippen LogP) is 5.67. The highest BCUT2D eigenvalue weighted by molar-refractivity contribution is 5.88. The van der Waals surface area contributed by atoms with Gasteiger partial charge in [0, 0.05) is 12.6 Å². The van der Waals surface area contributed by atoms with Crippen molar-refractivity contribution in [3.8, 4) is 0 Å². The molecular formula is C30H34F4N2O4. The minimum atomic E-state index is -4.67. The number of nitrogens with zero attached hydrogens (tertiary/aromatic N) is 1. The Kier molecular flexibility index (Phi) is 7.94. The van der Waals surface area contributed by atoms with E-state index in [2.05, 4.69) is 16.3 Å². The van der Waals surface area contributed by atoms with Crippen LogP contribution in [-0.4, -0.2) is 53.2 Å². The molecule has 0 bridgehead atoms. The molecule has 2 aromatic carbocycles. The fourth-order valence-electron chi connectivity index (χ4n) is 6.32. The predicted molar refractivity (Wildman–Crippen MR) is 139 cm³/mol. The van der Waals surface area contributed by atoms with Crippen LogP contribution in [0.15, 0.2) is 36.4 Å². The van der Waals surface area contributed by atoms with Crippen molar-refractivity contribution in [2.24, 2.45) is 5.92 Å². The van der Waals surface area contributed by atoms with Crippen LogP contribution in [0.3, 0.4) is 0 Å². The number of nitrogens with one attached hydrogen (secondary N) is 1. The van der Waals surface area contributed by atoms with Gasteiger partial charge >= 0.3 is 12.1 Å². The van der Waals surface area contributed by atoms with Crippen LogP contribution >= 0.6 is 0 Å². The molecule has 216 valence electrons. The molecule has 0 radical (unpaired) electrons. The molecule has 0 aromatic heterocycles. The van der Waals surface area contributed by atoms with Gasteiger partial charge in [0.1, 0.15) is 11.4 Å². The van der Waals surface area contributed by atoms with Gasteiger partial charge in [0.2, 0.25) is 0 Å². The van der Waals surface area contributed by atoms with Crippen molar-refractivity contribution >= 4 is 11.9 Å². The largest absolute Gasteiger partial charge is 0.478 e. The third-order valence-corrected chi connectivity index (χ3v) is 8.61. The number of likely N-dealkylation sites (tertiary alicyclic amines) is 1. The maximum Gasteiger partial charge on any atom is 0.416 e. The summed E-state index contributed by atoms with van der Waals surface area (Å²) >= 11 is 0. The Labute approximate surface area is 230 Å². The minimum Gasteiger partial charge on any atom is -0.478 e. The molecule has 1 amide bonds. The fourth-order valence-corrected chi connectivity index (χ4v) is 6.32. The molecule has 6 nitrogen and oxygen atoms in total. The van der Waals surface area contributed by atoms with Crippen LogP contribution in [0.5, 0.6) is 0 Å². The zero-order valence-electron chi connectivity index (χ0n) is 22.4. The highest BCUT2D eigenvalue weighted by Gasteiger charge is 2.54. The highest BCUT2D eigenvalue weighted by atomic mass is 19.4. The van der Waals surface area contributed by atoms with Crippen molar-refractivity contribution in [3.63, 3.8) is 0 Å². The average Bonchev–Trinajstić information content (AvgIpc) is 3.77. The number of piperidine rings is 1. The molecule has 2 unspecified atom stereocenters. The monoisotopic (exact) mass is 562 g/mol. The lowest BCUT2D eigenvalue weighted by Crippen LogP contribution is -2.57. The second kappa shape index (κ2) is 11.1. The lowest BCUT2D eigenvalue weighted by atomic mass is 9.84. The molecule has 0 spiro atoms. The maximum atomic E-state index is 13.8. The molecule has 40 heavy (non-hydrogen) atoms. The van der Waals surface area contributed by atoms with Crippen LogP contribution in [0.4, 0.5) is 17.6 Å². The number of amides is 1. The maximum absolute atomic E-state index is 13.8. The smallest absolute Gasteiger partial charge is 0.416 e. The number of carboxylic acid groups (broad SMARTS) is 1. The van der Waals surface area contributed by atoms with Crippen LogP contribution < -0.4 is 5.32 Å². The van der Waals surface area contributed by atoms with E-state index in [1.807, 2.05) is 6.92 Å². The molecule has 2 aromatic rings. The number of ether oxygens (including phenoxy) is 1. The Morgan fingerprint density at radius 2 is 1.77 bits per heavy atom. The van der Waals surface area contributed by atoms with Crippen LogP contribution in [-0.2, 0) is 22.3 Å². The Morgan fingerprint density at radius 1 is 1.05 bits per heavy atom. The summed E-state index contributed by atoms with van der Waals surface area (Å²) in [5, 5.41) is 12.1. The van der Waals surface area contributed by atoms with Gasteiger partial charge in [-0.1, -0.05) is 6.07 Å². The number of halogens is 4. The van der Waals surface area contributed by atoms with Crippen LogP contribution in [0.25, 0.3) is 0 Å². The topological polar surface area (TPSA) is 78.9 Å². The number of rotatable bonds is 7. The SMILES string of the molecule is Cc1cc(C(=O)O)cc(C2CCN(C3CCC(C(=O)NCc4cc(F)cc(C(F)(F)F)c4)(C4CC4)OC3)CC2)c1. The second-order valence-electron chi connectivity index (χ2n) is 11.4. The number of benzene rings is 2. The third kappa shape index (κ3) is 6.17. The summed E-state index contributed by atoms with van der Waals surface area (Å²) in [7, 11) is 0. The van der Waals surface area contributed by atoms with Crippen LogP contribution in [0.1, 0.15) is 77.1 Å². The van der Waals surface area contributed by atoms with E-state index in [9.17, 15) is 32.3 Å². The number of aromatic carboxylic acids is 1. The minimum absolute atomic E-state index is 0.0484. The average molecular weight is 563 g/mol. The quantitative estimate of drug-likeness (QED) is 0.425. The molecule has 2 N–H and O–H groups in total. The summed E-state index contributed by atoms with van der Waals surface area (Å²) in [4.78, 5) is 27.2. The van der Waals surface area contributed by atoms with E-state index in [1.165, 1.54) is 0 Å². The molecule has 2 saturated heterocycles. The highest BCUT2D eigenvalue weighted by Crippen LogP contribution is 2.47. The number of alkyl halides is 3. The molecule has 2 aliphatic heterocycles. The van der Waals surface area contributed by atoms with Crippen molar-refractivity contribution in [1.82, 2.24) is 10.2 Å². The van der Waals surface area contributed by atoms with Crippen molar-refractivity contribution < 1.29 is 37.0 Å². The number of carbonyl (C=O) groups is 2. The van der Waals surface area contributed by atoms with Gasteiger partial charge in [0.05, 0.1) is 17.7 Å². The lowest BCUT2D eigenvalue weighted by Gasteiger charge is -2.45. The number of hydrogen-bond acceptors (Lipinski definition) is 4. The summed E-state index contributed by atoms with van der Waals surface area (Å²) in [6.07, 6.45) is 0.132. The first kappa shape index (κ1) is 28.5. The zero-order valence-corrected chi connectivity index (χ0v) is 22.4. The lowest BCUT2D eigenvalue weighted by molar-refractivity contribution is -0.165. The van der Waals surface area contributed by atoms with Crippen LogP contribution in [0.2, 0.25) is 0 Å². The zero-order chi connectivity index (χ0) is 28.7. The molecule has 2 atom stereocenters. The number of hydrogen-bond donors (Lipinski definition) is 2. The fraction of sp³-hybridized carbons (Fsp3) is 0.533. The van der Waals surface area contributed by atoms with E-state index < -0.39 is 29.1 Å². The first-order chi connectivity index (χ1) is 18.9. The first-order valence-corrected chi connectivity index (χ1v) is 13.8. The number of carboxylic acids is 1. The summed E-state index contributed by atoms with van der Waals surface area (Å²) in [6.45, 7) is 3.78. The van der Waals surface area contributed by atoms with Crippen molar-refractivity contribution in [1.29, 1.82) is 0 Å². The summed E-state index contributed by atoms with van der Waals surface area (Å²) in [5.74, 6) is -1.91. The van der Waals surface area contributed by atoms with Gasteiger partial charge in [-0.2, -0.15) is 13.2 Å². The Hall–Kier alpha value is -2.98. The second-order valence-corrected chi connectivity index (χ2v) is 11.4. The van der Waals surface area contributed by atoms with Gasteiger partial charge in [0.15, 0.2) is 0 Å². The van der Waals surface area contributed by atoms with Crippen molar-refractivity contribution in [2.75, 3.05) is 19.7 Å². The molecule has 3 aliphatic rings. The summed E-state index contributed by atoms with van der Waals surface area (Å²) < 4.78 is 59.3. The van der Waals surface area contributed by atoms with E-state index in [0.29, 0.717) is 24.7 Å². The Morgan fingerprint density at radius 3 is 2.38 bits per heavy atom. The standard InChI is InChI=1S/C30H34F4N2O4/c1-18-10-21(14-22(11-18)27(37)38)20-5-8-36(9-6-20)26-4-7-29(40-17-26,23-2-3-23)28(39)35-16-19-12-24(30(32,33)34)15-25(31)13-19/h10-15,20,23,26H,2-9,16-17H2,1H3,(H,35,39)(H,37,38). The molecule has 5 rings (SSSR count). The number of aryl methyl sites for hydroxylation is 1. The number of carbonyl (C=O) groups excluding carboxylic acids is 1. The molecule has 2 heterocycles. The van der Waals surface area contributed by atoms with E-state index >= 15 is 0 Å². The van der Waals surface area contributed by atoms with E-state index in [1.54, 1.807) is 12.1 Å². The van der Waals surface area contributed by atoms with E-state index in [-0.39, 0.29) is 35.9 Å². The summed E-state index contributed by atoms with van der Waals surface area (Å²) in [5.41, 5.74) is 0.258. The van der Waals surface area contributed by atoms with Crippen molar-refractivity contribution in [3.05, 3.63) is 70.0 Å². The summed E-state index contributed by atoms with van der Waals surface area (Å²) in [6, 6.07) is 7.97. The molecule has 1 aliphatic carbocycles. The van der Waals surface area contributed by atoms with Gasteiger partial charge in [-0.05, 0) is 117 Å². The molecule has 1 saturated carbocycles. The van der Waals surface area contributed by atoms with Gasteiger partial charge < -0.3 is 15.2 Å². The van der Waals surface area contributed by atoms with Crippen molar-refractivity contribution in [2.45, 2.75) is 75.7 Å². The normalized spacial score (nSPS) is 24.6. The van der Waals surface area contributed by atoms with Crippen LogP contribution in [0, 0.1) is 18.7 Å². The molecule has 3 fully saturated rings. The Bertz CT molecular complexity index is 1260. The van der Waals surface area contributed by atoms with Gasteiger partial charge in [-0.3, -0.25) is 9.69 Å². The first-order valence-electron chi connectivity index (χ1n) is 13.8. The molecular weight excluding hydrogens is 528 g/mol. The third-order valence-electron chi connectivity index (χ3n) is 8.61. The van der Waals surface area contributed by atoms with Gasteiger partial charge in [-0.15, -0.1) is 0 Å².